The lowest BCUT2D eigenvalue weighted by Gasteiger charge is -2.14. The third kappa shape index (κ3) is 5.08. The lowest BCUT2D eigenvalue weighted by Crippen LogP contribution is -2.42. The van der Waals surface area contributed by atoms with Gasteiger partial charge in [-0.25, -0.2) is 4.79 Å². The van der Waals surface area contributed by atoms with Gasteiger partial charge in [-0.05, 0) is 30.4 Å². The number of carboxylic acid groups (broad SMARTS) is 1. The number of carboxylic acids is 1. The number of aryl methyl sites for hydroxylation is 1. The van der Waals surface area contributed by atoms with Crippen molar-refractivity contribution in [2.75, 3.05) is 0 Å². The Bertz CT molecular complexity index is 734. The standard InChI is InChI=1S/C20H28N2O3/c1-4-11-22-13-15(16-7-5-6-8-18(16)22)12-17(20(24)25)21-19(23)10-9-14(2)3/h5-8,13-14,17H,4,9-12H2,1-3H3,(H,21,23)(H,24,25). The Balaban J connectivity index is 2.18. The van der Waals surface area contributed by atoms with Gasteiger partial charge in [0.05, 0.1) is 0 Å². The SMILES string of the molecule is CCCn1cc(CC(NC(=O)CCC(C)C)C(=O)O)c2ccccc21. The third-order valence-corrected chi connectivity index (χ3v) is 4.34. The van der Waals surface area contributed by atoms with Crippen LogP contribution in [0.1, 0.15) is 45.6 Å². The topological polar surface area (TPSA) is 71.3 Å². The van der Waals surface area contributed by atoms with Crippen molar-refractivity contribution in [3.8, 4) is 0 Å². The van der Waals surface area contributed by atoms with Gasteiger partial charge in [0, 0.05) is 36.5 Å². The molecule has 1 aromatic heterocycles. The zero-order valence-electron chi connectivity index (χ0n) is 15.3. The molecule has 1 unspecified atom stereocenters. The molecule has 1 amide bonds. The van der Waals surface area contributed by atoms with Gasteiger partial charge < -0.3 is 15.0 Å². The van der Waals surface area contributed by atoms with Gasteiger partial charge in [-0.3, -0.25) is 4.79 Å². The Morgan fingerprint density at radius 3 is 2.60 bits per heavy atom. The Morgan fingerprint density at radius 2 is 1.96 bits per heavy atom. The molecule has 0 aliphatic carbocycles. The summed E-state index contributed by atoms with van der Waals surface area (Å²) in [5.41, 5.74) is 2.07. The monoisotopic (exact) mass is 344 g/mol. The van der Waals surface area contributed by atoms with Gasteiger partial charge in [0.1, 0.15) is 6.04 Å². The molecular weight excluding hydrogens is 316 g/mol. The number of carbonyl (C=O) groups excluding carboxylic acids is 1. The molecule has 0 saturated heterocycles. The van der Waals surface area contributed by atoms with E-state index in [1.54, 1.807) is 0 Å². The minimum Gasteiger partial charge on any atom is -0.480 e. The van der Waals surface area contributed by atoms with Gasteiger partial charge in [-0.15, -0.1) is 0 Å². The van der Waals surface area contributed by atoms with Crippen LogP contribution in [0.15, 0.2) is 30.5 Å². The molecular formula is C20H28N2O3. The van der Waals surface area contributed by atoms with Crippen molar-refractivity contribution in [3.05, 3.63) is 36.0 Å². The fourth-order valence-corrected chi connectivity index (χ4v) is 3.02. The molecule has 0 fully saturated rings. The van der Waals surface area contributed by atoms with E-state index in [0.717, 1.165) is 35.9 Å². The number of hydrogen-bond acceptors (Lipinski definition) is 2. The molecule has 1 aromatic carbocycles. The second-order valence-corrected chi connectivity index (χ2v) is 6.96. The highest BCUT2D eigenvalue weighted by molar-refractivity contribution is 5.87. The number of aromatic nitrogens is 1. The predicted molar refractivity (Wildman–Crippen MR) is 99.6 cm³/mol. The van der Waals surface area contributed by atoms with E-state index in [2.05, 4.69) is 16.8 Å². The van der Waals surface area contributed by atoms with E-state index in [4.69, 9.17) is 0 Å². The second-order valence-electron chi connectivity index (χ2n) is 6.96. The average molecular weight is 344 g/mol. The molecule has 2 rings (SSSR count). The molecule has 0 aliphatic heterocycles. The molecule has 5 heteroatoms. The zero-order valence-corrected chi connectivity index (χ0v) is 15.3. The summed E-state index contributed by atoms with van der Waals surface area (Å²) in [5, 5.41) is 13.3. The summed E-state index contributed by atoms with van der Waals surface area (Å²) in [6, 6.07) is 7.10. The summed E-state index contributed by atoms with van der Waals surface area (Å²) in [5.74, 6) is -0.773. The summed E-state index contributed by atoms with van der Waals surface area (Å²) in [7, 11) is 0. The Morgan fingerprint density at radius 1 is 1.24 bits per heavy atom. The summed E-state index contributed by atoms with van der Waals surface area (Å²) in [6.45, 7) is 7.09. The molecule has 1 heterocycles. The van der Waals surface area contributed by atoms with Crippen LogP contribution in [0.4, 0.5) is 0 Å². The number of hydrogen-bond donors (Lipinski definition) is 2. The summed E-state index contributed by atoms with van der Waals surface area (Å²) in [4.78, 5) is 23.7. The normalized spacial score (nSPS) is 12.5. The minimum absolute atomic E-state index is 0.196. The highest BCUT2D eigenvalue weighted by Gasteiger charge is 2.22. The number of para-hydroxylation sites is 1. The number of rotatable bonds is 9. The van der Waals surface area contributed by atoms with Gasteiger partial charge in [0.15, 0.2) is 0 Å². The van der Waals surface area contributed by atoms with Crippen LogP contribution in [0.5, 0.6) is 0 Å². The van der Waals surface area contributed by atoms with E-state index in [0.29, 0.717) is 18.8 Å². The van der Waals surface area contributed by atoms with E-state index in [9.17, 15) is 14.7 Å². The number of fused-ring (bicyclic) bond motifs is 1. The molecule has 0 spiro atoms. The molecule has 0 aliphatic rings. The van der Waals surface area contributed by atoms with Crippen molar-refractivity contribution in [2.24, 2.45) is 5.92 Å². The van der Waals surface area contributed by atoms with Crippen LogP contribution in [0.3, 0.4) is 0 Å². The number of nitrogens with zero attached hydrogens (tertiary/aromatic N) is 1. The third-order valence-electron chi connectivity index (χ3n) is 4.34. The minimum atomic E-state index is -0.995. The molecule has 0 saturated carbocycles. The van der Waals surface area contributed by atoms with Crippen molar-refractivity contribution in [1.82, 2.24) is 9.88 Å². The Hall–Kier alpha value is -2.30. The largest absolute Gasteiger partial charge is 0.480 e. The van der Waals surface area contributed by atoms with E-state index in [-0.39, 0.29) is 5.91 Å². The highest BCUT2D eigenvalue weighted by atomic mass is 16.4. The number of carbonyl (C=O) groups is 2. The average Bonchev–Trinajstić information content (AvgIpc) is 2.91. The van der Waals surface area contributed by atoms with Crippen molar-refractivity contribution in [1.29, 1.82) is 0 Å². The summed E-state index contributed by atoms with van der Waals surface area (Å²) in [6.07, 6.45) is 4.43. The molecule has 0 bridgehead atoms. The number of aliphatic carboxylic acids is 1. The van der Waals surface area contributed by atoms with E-state index in [1.165, 1.54) is 0 Å². The lowest BCUT2D eigenvalue weighted by atomic mass is 10.0. The maximum absolute atomic E-state index is 12.0. The molecule has 1 atom stereocenters. The van der Waals surface area contributed by atoms with E-state index >= 15 is 0 Å². The Labute approximate surface area is 149 Å². The lowest BCUT2D eigenvalue weighted by molar-refractivity contribution is -0.141. The quantitative estimate of drug-likeness (QED) is 0.730. The zero-order chi connectivity index (χ0) is 18.4. The molecule has 2 N–H and O–H groups in total. The van der Waals surface area contributed by atoms with Gasteiger partial charge in [-0.2, -0.15) is 0 Å². The summed E-state index contributed by atoms with van der Waals surface area (Å²) < 4.78 is 2.16. The molecule has 25 heavy (non-hydrogen) atoms. The first-order valence-electron chi connectivity index (χ1n) is 9.01. The van der Waals surface area contributed by atoms with E-state index in [1.807, 2.05) is 44.3 Å². The number of nitrogens with one attached hydrogen (secondary N) is 1. The van der Waals surface area contributed by atoms with Crippen LogP contribution in [0.2, 0.25) is 0 Å². The molecule has 0 radical (unpaired) electrons. The van der Waals surface area contributed by atoms with Crippen LogP contribution in [0.25, 0.3) is 10.9 Å². The highest BCUT2D eigenvalue weighted by Crippen LogP contribution is 2.23. The number of benzene rings is 1. The van der Waals surface area contributed by atoms with Crippen molar-refractivity contribution < 1.29 is 14.7 Å². The Kier molecular flexibility index (Phi) is 6.62. The smallest absolute Gasteiger partial charge is 0.326 e. The summed E-state index contributed by atoms with van der Waals surface area (Å²) >= 11 is 0. The van der Waals surface area contributed by atoms with Crippen LogP contribution in [-0.2, 0) is 22.6 Å². The number of amides is 1. The van der Waals surface area contributed by atoms with Crippen LogP contribution in [-0.4, -0.2) is 27.6 Å². The molecule has 136 valence electrons. The van der Waals surface area contributed by atoms with Crippen LogP contribution >= 0.6 is 0 Å². The van der Waals surface area contributed by atoms with Gasteiger partial charge in [0.25, 0.3) is 0 Å². The first-order chi connectivity index (χ1) is 11.9. The van der Waals surface area contributed by atoms with Crippen molar-refractivity contribution in [2.45, 2.75) is 59.0 Å². The van der Waals surface area contributed by atoms with E-state index < -0.39 is 12.0 Å². The second kappa shape index (κ2) is 8.70. The van der Waals surface area contributed by atoms with Crippen molar-refractivity contribution >= 4 is 22.8 Å². The fourth-order valence-electron chi connectivity index (χ4n) is 3.02. The molecule has 5 nitrogen and oxygen atoms in total. The van der Waals surface area contributed by atoms with Crippen LogP contribution in [0, 0.1) is 5.92 Å². The predicted octanol–water partition coefficient (Wildman–Crippen LogP) is 3.60. The maximum atomic E-state index is 12.0. The maximum Gasteiger partial charge on any atom is 0.326 e. The van der Waals surface area contributed by atoms with Crippen molar-refractivity contribution in [3.63, 3.8) is 0 Å². The van der Waals surface area contributed by atoms with Gasteiger partial charge >= 0.3 is 5.97 Å². The van der Waals surface area contributed by atoms with Gasteiger partial charge in [-0.1, -0.05) is 39.0 Å². The van der Waals surface area contributed by atoms with Crippen LogP contribution < -0.4 is 5.32 Å². The van der Waals surface area contributed by atoms with Gasteiger partial charge in [0.2, 0.25) is 5.91 Å². The molecule has 2 aromatic rings. The first-order valence-corrected chi connectivity index (χ1v) is 9.01. The first kappa shape index (κ1) is 19.0. The fraction of sp³-hybridized carbons (Fsp3) is 0.500.